The lowest BCUT2D eigenvalue weighted by Gasteiger charge is -2.36. The standard InChI is InChI=1S/C14H25NO3/c16-8-4-13-3-1-2-7-15(13)14(17)11-12-5-9-18-10-6-12/h12-13,16H,1-11H2. The van der Waals surface area contributed by atoms with Crippen LogP contribution in [0.3, 0.4) is 0 Å². The first kappa shape index (κ1) is 13.8. The number of aliphatic hydroxyl groups excluding tert-OH is 1. The summed E-state index contributed by atoms with van der Waals surface area (Å²) in [4.78, 5) is 14.4. The molecule has 1 atom stereocenters. The maximum Gasteiger partial charge on any atom is 0.223 e. The summed E-state index contributed by atoms with van der Waals surface area (Å²) in [5.41, 5.74) is 0. The number of piperidine rings is 1. The van der Waals surface area contributed by atoms with Crippen LogP contribution in [0.4, 0.5) is 0 Å². The predicted molar refractivity (Wildman–Crippen MR) is 69.2 cm³/mol. The summed E-state index contributed by atoms with van der Waals surface area (Å²) in [6.07, 6.45) is 6.80. The van der Waals surface area contributed by atoms with Crippen LogP contribution in [0.25, 0.3) is 0 Å². The van der Waals surface area contributed by atoms with E-state index < -0.39 is 0 Å². The SMILES string of the molecule is O=C(CC1CCOCC1)N1CCCCC1CCO. The van der Waals surface area contributed by atoms with Crippen molar-refractivity contribution in [2.75, 3.05) is 26.4 Å². The molecule has 2 aliphatic heterocycles. The van der Waals surface area contributed by atoms with Gasteiger partial charge in [-0.25, -0.2) is 0 Å². The minimum absolute atomic E-state index is 0.186. The molecule has 1 unspecified atom stereocenters. The van der Waals surface area contributed by atoms with Gasteiger partial charge in [-0.1, -0.05) is 0 Å². The quantitative estimate of drug-likeness (QED) is 0.829. The third kappa shape index (κ3) is 3.69. The van der Waals surface area contributed by atoms with Gasteiger partial charge in [0.1, 0.15) is 0 Å². The van der Waals surface area contributed by atoms with Crippen LogP contribution in [0.2, 0.25) is 0 Å². The molecule has 0 radical (unpaired) electrons. The van der Waals surface area contributed by atoms with Crippen LogP contribution >= 0.6 is 0 Å². The van der Waals surface area contributed by atoms with E-state index in [0.29, 0.717) is 18.2 Å². The summed E-state index contributed by atoms with van der Waals surface area (Å²) in [6.45, 7) is 2.68. The Hall–Kier alpha value is -0.610. The largest absolute Gasteiger partial charge is 0.396 e. The van der Waals surface area contributed by atoms with Crippen LogP contribution in [-0.4, -0.2) is 48.3 Å². The Labute approximate surface area is 109 Å². The van der Waals surface area contributed by atoms with Gasteiger partial charge < -0.3 is 14.7 Å². The van der Waals surface area contributed by atoms with Gasteiger partial charge >= 0.3 is 0 Å². The molecule has 18 heavy (non-hydrogen) atoms. The molecule has 1 amide bonds. The van der Waals surface area contributed by atoms with Crippen molar-refractivity contribution in [3.05, 3.63) is 0 Å². The number of amides is 1. The highest BCUT2D eigenvalue weighted by molar-refractivity contribution is 5.76. The number of aliphatic hydroxyl groups is 1. The van der Waals surface area contributed by atoms with Crippen molar-refractivity contribution < 1.29 is 14.6 Å². The van der Waals surface area contributed by atoms with Crippen molar-refractivity contribution in [2.45, 2.75) is 51.0 Å². The third-order valence-electron chi connectivity index (χ3n) is 4.21. The van der Waals surface area contributed by atoms with Crippen LogP contribution in [0.5, 0.6) is 0 Å². The Balaban J connectivity index is 1.84. The molecule has 1 N–H and O–H groups in total. The monoisotopic (exact) mass is 255 g/mol. The highest BCUT2D eigenvalue weighted by Gasteiger charge is 2.28. The average Bonchev–Trinajstić information content (AvgIpc) is 2.41. The van der Waals surface area contributed by atoms with Crippen molar-refractivity contribution in [3.8, 4) is 0 Å². The van der Waals surface area contributed by atoms with Crippen molar-refractivity contribution in [3.63, 3.8) is 0 Å². The molecule has 104 valence electrons. The summed E-state index contributed by atoms with van der Waals surface area (Å²) < 4.78 is 5.33. The summed E-state index contributed by atoms with van der Waals surface area (Å²) in [6, 6.07) is 0.274. The van der Waals surface area contributed by atoms with Gasteiger partial charge in [-0.2, -0.15) is 0 Å². The number of likely N-dealkylation sites (tertiary alicyclic amines) is 1. The Morgan fingerprint density at radius 3 is 2.72 bits per heavy atom. The van der Waals surface area contributed by atoms with Gasteiger partial charge in [-0.3, -0.25) is 4.79 Å². The van der Waals surface area contributed by atoms with Gasteiger partial charge in [0.05, 0.1) is 0 Å². The van der Waals surface area contributed by atoms with Crippen LogP contribution in [0.1, 0.15) is 44.9 Å². The number of nitrogens with zero attached hydrogens (tertiary/aromatic N) is 1. The highest BCUT2D eigenvalue weighted by atomic mass is 16.5. The molecule has 0 saturated carbocycles. The number of hydrogen-bond acceptors (Lipinski definition) is 3. The number of ether oxygens (including phenoxy) is 1. The van der Waals surface area contributed by atoms with E-state index in [9.17, 15) is 4.79 Å². The molecule has 4 heteroatoms. The number of carbonyl (C=O) groups is 1. The lowest BCUT2D eigenvalue weighted by molar-refractivity contribution is -0.136. The topological polar surface area (TPSA) is 49.8 Å². The van der Waals surface area contributed by atoms with Gasteiger partial charge in [0.25, 0.3) is 0 Å². The minimum atomic E-state index is 0.186. The molecule has 2 aliphatic rings. The molecule has 0 aromatic rings. The van der Waals surface area contributed by atoms with E-state index in [1.54, 1.807) is 0 Å². The zero-order valence-electron chi connectivity index (χ0n) is 11.1. The summed E-state index contributed by atoms with van der Waals surface area (Å²) in [5, 5.41) is 9.08. The molecule has 0 bridgehead atoms. The van der Waals surface area contributed by atoms with E-state index >= 15 is 0 Å². The Kier molecular flexibility index (Phi) is 5.45. The summed E-state index contributed by atoms with van der Waals surface area (Å²) in [5.74, 6) is 0.794. The maximum absolute atomic E-state index is 12.4. The van der Waals surface area contributed by atoms with Crippen LogP contribution in [-0.2, 0) is 9.53 Å². The smallest absolute Gasteiger partial charge is 0.223 e. The molecular formula is C14H25NO3. The lowest BCUT2D eigenvalue weighted by Crippen LogP contribution is -2.45. The number of rotatable bonds is 4. The molecule has 2 fully saturated rings. The first-order valence-corrected chi connectivity index (χ1v) is 7.29. The van der Waals surface area contributed by atoms with Crippen molar-refractivity contribution >= 4 is 5.91 Å². The Morgan fingerprint density at radius 2 is 2.00 bits per heavy atom. The van der Waals surface area contributed by atoms with Gasteiger partial charge in [-0.15, -0.1) is 0 Å². The second kappa shape index (κ2) is 7.10. The average molecular weight is 255 g/mol. The van der Waals surface area contributed by atoms with Crippen LogP contribution < -0.4 is 0 Å². The third-order valence-corrected chi connectivity index (χ3v) is 4.21. The van der Waals surface area contributed by atoms with Gasteiger partial charge in [-0.05, 0) is 44.4 Å². The van der Waals surface area contributed by atoms with Crippen LogP contribution in [0, 0.1) is 5.92 Å². The van der Waals surface area contributed by atoms with Gasteiger partial charge in [0.2, 0.25) is 5.91 Å². The first-order valence-electron chi connectivity index (χ1n) is 7.29. The second-order valence-electron chi connectivity index (χ2n) is 5.51. The molecule has 2 rings (SSSR count). The van der Waals surface area contributed by atoms with Crippen LogP contribution in [0.15, 0.2) is 0 Å². The fourth-order valence-corrected chi connectivity index (χ4v) is 3.09. The number of hydrogen-bond donors (Lipinski definition) is 1. The Bertz CT molecular complexity index is 262. The molecule has 2 heterocycles. The summed E-state index contributed by atoms with van der Waals surface area (Å²) in [7, 11) is 0. The zero-order valence-corrected chi connectivity index (χ0v) is 11.1. The molecular weight excluding hydrogens is 230 g/mol. The molecule has 0 spiro atoms. The van der Waals surface area contributed by atoms with Crippen molar-refractivity contribution in [2.24, 2.45) is 5.92 Å². The Morgan fingerprint density at radius 1 is 1.22 bits per heavy atom. The van der Waals surface area contributed by atoms with E-state index in [2.05, 4.69) is 0 Å². The summed E-state index contributed by atoms with van der Waals surface area (Å²) >= 11 is 0. The molecule has 2 saturated heterocycles. The predicted octanol–water partition coefficient (Wildman–Crippen LogP) is 1.57. The minimum Gasteiger partial charge on any atom is -0.396 e. The van der Waals surface area contributed by atoms with Gasteiger partial charge in [0.15, 0.2) is 0 Å². The molecule has 0 aromatic heterocycles. The fraction of sp³-hybridized carbons (Fsp3) is 0.929. The van der Waals surface area contributed by atoms with Gasteiger partial charge in [0, 0.05) is 38.8 Å². The maximum atomic E-state index is 12.4. The molecule has 0 aromatic carbocycles. The molecule has 4 nitrogen and oxygen atoms in total. The van der Waals surface area contributed by atoms with Crippen molar-refractivity contribution in [1.82, 2.24) is 4.90 Å². The van der Waals surface area contributed by atoms with E-state index in [1.165, 1.54) is 6.42 Å². The second-order valence-corrected chi connectivity index (χ2v) is 5.51. The molecule has 0 aliphatic carbocycles. The van der Waals surface area contributed by atoms with E-state index in [-0.39, 0.29) is 12.6 Å². The fourth-order valence-electron chi connectivity index (χ4n) is 3.09. The normalized spacial score (nSPS) is 26.3. The van der Waals surface area contributed by atoms with Crippen molar-refractivity contribution in [1.29, 1.82) is 0 Å². The van der Waals surface area contributed by atoms with E-state index in [1.807, 2.05) is 4.90 Å². The van der Waals surface area contributed by atoms with E-state index in [0.717, 1.165) is 51.9 Å². The van der Waals surface area contributed by atoms with E-state index in [4.69, 9.17) is 9.84 Å². The lowest BCUT2D eigenvalue weighted by atomic mass is 9.93. The zero-order chi connectivity index (χ0) is 12.8. The first-order chi connectivity index (χ1) is 8.81. The highest BCUT2D eigenvalue weighted by Crippen LogP contribution is 2.24. The number of carbonyl (C=O) groups excluding carboxylic acids is 1.